The number of amides is 1. The van der Waals surface area contributed by atoms with Crippen LogP contribution in [0.5, 0.6) is 0 Å². The van der Waals surface area contributed by atoms with Crippen LogP contribution in [-0.4, -0.2) is 16.6 Å². The van der Waals surface area contributed by atoms with Crippen molar-refractivity contribution < 1.29 is 4.79 Å². The Kier molecular flexibility index (Phi) is 4.43. The number of anilines is 2. The number of carbonyl (C=O) groups excluding carboxylic acids is 1. The third-order valence-electron chi connectivity index (χ3n) is 4.75. The van der Waals surface area contributed by atoms with Crippen molar-refractivity contribution in [2.75, 3.05) is 10.2 Å². The van der Waals surface area contributed by atoms with Crippen molar-refractivity contribution in [2.24, 2.45) is 10.2 Å². The zero-order chi connectivity index (χ0) is 18.0. The highest BCUT2D eigenvalue weighted by Crippen LogP contribution is 2.38. The van der Waals surface area contributed by atoms with Gasteiger partial charge in [0.25, 0.3) is 0 Å². The molecule has 0 radical (unpaired) electrons. The Labute approximate surface area is 156 Å². The van der Waals surface area contributed by atoms with Crippen molar-refractivity contribution in [3.05, 3.63) is 40.9 Å². The summed E-state index contributed by atoms with van der Waals surface area (Å²) in [5, 5.41) is 14.2. The molecule has 2 aromatic rings. The summed E-state index contributed by atoms with van der Waals surface area (Å²) in [7, 11) is 0. The highest BCUT2D eigenvalue weighted by Gasteiger charge is 2.39. The number of fused-ring (bicyclic) bond motifs is 1. The lowest BCUT2D eigenvalue weighted by molar-refractivity contribution is -0.116. The molecule has 0 saturated heterocycles. The van der Waals surface area contributed by atoms with Crippen LogP contribution in [0.2, 0.25) is 0 Å². The first kappa shape index (κ1) is 16.7. The van der Waals surface area contributed by atoms with Crippen molar-refractivity contribution >= 4 is 28.1 Å². The number of nitrogens with zero attached hydrogens (tertiary/aromatic N) is 4. The van der Waals surface area contributed by atoms with Crippen LogP contribution in [0.25, 0.3) is 0 Å². The van der Waals surface area contributed by atoms with E-state index in [1.165, 1.54) is 11.1 Å². The van der Waals surface area contributed by atoms with E-state index in [9.17, 15) is 4.79 Å². The van der Waals surface area contributed by atoms with Crippen LogP contribution in [0, 0.1) is 12.3 Å². The van der Waals surface area contributed by atoms with E-state index in [1.807, 2.05) is 23.7 Å². The molecular weight excluding hydrogens is 346 g/mol. The number of terminal acetylenes is 1. The molecular formula is C19H19N5OS. The Bertz CT molecular complexity index is 878. The van der Waals surface area contributed by atoms with Gasteiger partial charge in [-0.2, -0.15) is 10.2 Å². The van der Waals surface area contributed by atoms with E-state index in [2.05, 4.69) is 37.4 Å². The van der Waals surface area contributed by atoms with Gasteiger partial charge in [-0.25, -0.2) is 4.98 Å². The third kappa shape index (κ3) is 3.46. The van der Waals surface area contributed by atoms with Crippen molar-refractivity contribution in [1.82, 2.24) is 4.98 Å². The maximum absolute atomic E-state index is 12.4. The molecule has 0 fully saturated rings. The number of rotatable bonds is 7. The molecule has 0 atom stereocenters. The van der Waals surface area contributed by atoms with Crippen LogP contribution < -0.4 is 10.2 Å². The molecule has 2 aliphatic rings. The van der Waals surface area contributed by atoms with Crippen LogP contribution in [0.3, 0.4) is 0 Å². The van der Waals surface area contributed by atoms with Gasteiger partial charge in [-0.05, 0) is 11.6 Å². The van der Waals surface area contributed by atoms with E-state index in [1.54, 1.807) is 11.3 Å². The average Bonchev–Trinajstić information content (AvgIpc) is 3.04. The number of hydrogen-bond donors (Lipinski definition) is 1. The SMILES string of the molecule is C#CCCC1(CCC(=O)Nc2cccc3c2CN(c2nccs2)C3)N=N1. The Morgan fingerprint density at radius 3 is 2.96 bits per heavy atom. The van der Waals surface area contributed by atoms with E-state index >= 15 is 0 Å². The summed E-state index contributed by atoms with van der Waals surface area (Å²) in [6, 6.07) is 6.05. The zero-order valence-electron chi connectivity index (χ0n) is 14.3. The van der Waals surface area contributed by atoms with Crippen molar-refractivity contribution in [2.45, 2.75) is 44.4 Å². The molecule has 7 heteroatoms. The number of benzene rings is 1. The Balaban J connectivity index is 1.37. The van der Waals surface area contributed by atoms with Crippen LogP contribution in [0.1, 0.15) is 36.8 Å². The van der Waals surface area contributed by atoms with Crippen LogP contribution in [0.15, 0.2) is 40.0 Å². The summed E-state index contributed by atoms with van der Waals surface area (Å²) in [4.78, 5) is 19.0. The van der Waals surface area contributed by atoms with Gasteiger partial charge >= 0.3 is 0 Å². The summed E-state index contributed by atoms with van der Waals surface area (Å²) >= 11 is 1.63. The maximum atomic E-state index is 12.4. The highest BCUT2D eigenvalue weighted by molar-refractivity contribution is 7.13. The smallest absolute Gasteiger partial charge is 0.224 e. The second kappa shape index (κ2) is 6.89. The van der Waals surface area contributed by atoms with Gasteiger partial charge < -0.3 is 10.2 Å². The minimum Gasteiger partial charge on any atom is -0.339 e. The van der Waals surface area contributed by atoms with E-state index in [4.69, 9.17) is 6.42 Å². The molecule has 1 aromatic carbocycles. The Hall–Kier alpha value is -2.72. The van der Waals surface area contributed by atoms with Gasteiger partial charge in [0.1, 0.15) is 0 Å². The molecule has 3 heterocycles. The number of thiazole rings is 1. The molecule has 1 N–H and O–H groups in total. The molecule has 0 bridgehead atoms. The predicted octanol–water partition coefficient (Wildman–Crippen LogP) is 3.96. The molecule has 2 aliphatic heterocycles. The van der Waals surface area contributed by atoms with Crippen molar-refractivity contribution in [3.8, 4) is 12.3 Å². The zero-order valence-corrected chi connectivity index (χ0v) is 15.1. The van der Waals surface area contributed by atoms with E-state index in [0.29, 0.717) is 19.3 Å². The van der Waals surface area contributed by atoms with Gasteiger partial charge in [0.05, 0.1) is 0 Å². The first-order valence-electron chi connectivity index (χ1n) is 8.62. The highest BCUT2D eigenvalue weighted by atomic mass is 32.1. The van der Waals surface area contributed by atoms with Gasteiger partial charge in [0.2, 0.25) is 5.91 Å². The normalized spacial score (nSPS) is 16.2. The number of carbonyl (C=O) groups is 1. The molecule has 0 saturated carbocycles. The first-order valence-corrected chi connectivity index (χ1v) is 9.50. The average molecular weight is 365 g/mol. The van der Waals surface area contributed by atoms with Crippen molar-refractivity contribution in [1.29, 1.82) is 0 Å². The fraction of sp³-hybridized carbons (Fsp3) is 0.368. The molecule has 26 heavy (non-hydrogen) atoms. The van der Waals surface area contributed by atoms with E-state index < -0.39 is 5.66 Å². The summed E-state index contributed by atoms with van der Waals surface area (Å²) in [5.74, 6) is 2.60. The Morgan fingerprint density at radius 1 is 1.35 bits per heavy atom. The summed E-state index contributed by atoms with van der Waals surface area (Å²) < 4.78 is 0. The predicted molar refractivity (Wildman–Crippen MR) is 102 cm³/mol. The van der Waals surface area contributed by atoms with Gasteiger partial charge in [-0.1, -0.05) is 12.1 Å². The van der Waals surface area contributed by atoms with Crippen LogP contribution in [-0.2, 0) is 17.9 Å². The molecule has 0 aliphatic carbocycles. The van der Waals surface area contributed by atoms with Gasteiger partial charge in [-0.15, -0.1) is 23.7 Å². The van der Waals surface area contributed by atoms with Crippen molar-refractivity contribution in [3.63, 3.8) is 0 Å². The minimum atomic E-state index is -0.413. The fourth-order valence-electron chi connectivity index (χ4n) is 3.24. The lowest BCUT2D eigenvalue weighted by atomic mass is 10.0. The molecule has 1 amide bonds. The van der Waals surface area contributed by atoms with E-state index in [0.717, 1.165) is 30.3 Å². The summed E-state index contributed by atoms with van der Waals surface area (Å²) in [5.41, 5.74) is 2.87. The molecule has 132 valence electrons. The quantitative estimate of drug-likeness (QED) is 0.755. The van der Waals surface area contributed by atoms with E-state index in [-0.39, 0.29) is 5.91 Å². The molecule has 4 rings (SSSR count). The maximum Gasteiger partial charge on any atom is 0.224 e. The number of aromatic nitrogens is 1. The monoisotopic (exact) mass is 365 g/mol. The minimum absolute atomic E-state index is 0.0107. The molecule has 0 spiro atoms. The lowest BCUT2D eigenvalue weighted by Gasteiger charge is -2.14. The largest absolute Gasteiger partial charge is 0.339 e. The molecule has 1 aromatic heterocycles. The molecule has 0 unspecified atom stereocenters. The number of hydrogen-bond acceptors (Lipinski definition) is 6. The Morgan fingerprint density at radius 2 is 2.23 bits per heavy atom. The topological polar surface area (TPSA) is 70.0 Å². The van der Waals surface area contributed by atoms with Gasteiger partial charge in [-0.3, -0.25) is 4.79 Å². The summed E-state index contributed by atoms with van der Waals surface area (Å²) in [6.07, 6.45) is 9.47. The van der Waals surface area contributed by atoms with Gasteiger partial charge in [0.15, 0.2) is 10.8 Å². The van der Waals surface area contributed by atoms with Crippen LogP contribution in [0.4, 0.5) is 10.8 Å². The summed E-state index contributed by atoms with van der Waals surface area (Å²) in [6.45, 7) is 1.58. The standard InChI is InChI=1S/C19H19N5OS/c1-2-3-8-19(22-23-19)9-7-17(25)21-16-6-4-5-14-12-24(13-15(14)16)18-20-10-11-26-18/h1,4-6,10-11H,3,7-9,12-13H2,(H,21,25). The van der Waals surface area contributed by atoms with Gasteiger partial charge in [0, 0.05) is 61.6 Å². The third-order valence-corrected chi connectivity index (χ3v) is 5.58. The van der Waals surface area contributed by atoms with Crippen LogP contribution >= 0.6 is 11.3 Å². The fourth-order valence-corrected chi connectivity index (χ4v) is 3.88. The molecule has 6 nitrogen and oxygen atoms in total. The lowest BCUT2D eigenvalue weighted by Crippen LogP contribution is -2.18. The second-order valence-corrected chi connectivity index (χ2v) is 7.42. The second-order valence-electron chi connectivity index (χ2n) is 6.55. The number of nitrogens with one attached hydrogen (secondary N) is 1. The first-order chi connectivity index (χ1) is 12.7.